The molecule has 0 aliphatic rings. The summed E-state index contributed by atoms with van der Waals surface area (Å²) < 4.78 is 10.0. The lowest BCUT2D eigenvalue weighted by atomic mass is 10.2. The van der Waals surface area contributed by atoms with Crippen molar-refractivity contribution in [3.8, 4) is 0 Å². The van der Waals surface area contributed by atoms with Gasteiger partial charge in [-0.05, 0) is 39.3 Å². The molecule has 0 heterocycles. The number of hydrogen-bond donors (Lipinski definition) is 1. The molecule has 0 saturated heterocycles. The van der Waals surface area contributed by atoms with Gasteiger partial charge in [0.15, 0.2) is 0 Å². The molecule has 1 atom stereocenters. The van der Waals surface area contributed by atoms with E-state index in [2.05, 4.69) is 4.74 Å². The van der Waals surface area contributed by atoms with Crippen LogP contribution in [0.3, 0.4) is 0 Å². The largest absolute Gasteiger partial charge is 0.496 e. The summed E-state index contributed by atoms with van der Waals surface area (Å²) in [7, 11) is 1.56. The van der Waals surface area contributed by atoms with Crippen molar-refractivity contribution < 1.29 is 14.6 Å². The molecule has 108 valence electrons. The van der Waals surface area contributed by atoms with Gasteiger partial charge >= 0.3 is 0 Å². The lowest BCUT2D eigenvalue weighted by molar-refractivity contribution is 0.0765. The fraction of sp³-hybridized carbons (Fsp3) is 0.500. The van der Waals surface area contributed by atoms with E-state index in [1.807, 2.05) is 57.2 Å². The van der Waals surface area contributed by atoms with Gasteiger partial charge in [-0.1, -0.05) is 30.3 Å². The summed E-state index contributed by atoms with van der Waals surface area (Å²) in [4.78, 5) is 0. The van der Waals surface area contributed by atoms with Gasteiger partial charge in [-0.3, -0.25) is 0 Å². The molecule has 0 spiro atoms. The van der Waals surface area contributed by atoms with Gasteiger partial charge in [0.2, 0.25) is 0 Å². The monoisotopic (exact) mass is 266 g/mol. The van der Waals surface area contributed by atoms with E-state index in [1.165, 1.54) is 0 Å². The summed E-state index contributed by atoms with van der Waals surface area (Å²) in [5.41, 5.74) is 1.05. The van der Waals surface area contributed by atoms with Crippen LogP contribution in [0.4, 0.5) is 0 Å². The third-order valence-corrected chi connectivity index (χ3v) is 1.89. The van der Waals surface area contributed by atoms with Gasteiger partial charge in [-0.25, -0.2) is 0 Å². The van der Waals surface area contributed by atoms with Gasteiger partial charge in [0, 0.05) is 7.11 Å². The highest BCUT2D eigenvalue weighted by atomic mass is 16.5. The van der Waals surface area contributed by atoms with Crippen LogP contribution in [-0.4, -0.2) is 30.5 Å². The zero-order valence-corrected chi connectivity index (χ0v) is 12.6. The summed E-state index contributed by atoms with van der Waals surface area (Å²) in [6.45, 7) is 8.20. The summed E-state index contributed by atoms with van der Waals surface area (Å²) in [6.07, 6.45) is 3.38. The quantitative estimate of drug-likeness (QED) is 0.848. The van der Waals surface area contributed by atoms with Crippen molar-refractivity contribution in [1.82, 2.24) is 0 Å². The lowest BCUT2D eigenvalue weighted by Gasteiger charge is -2.17. The predicted octanol–water partition coefficient (Wildman–Crippen LogP) is 3.49. The minimum absolute atomic E-state index is 0.106. The van der Waals surface area contributed by atoms with Gasteiger partial charge in [0.25, 0.3) is 0 Å². The maximum absolute atomic E-state index is 8.43. The van der Waals surface area contributed by atoms with Gasteiger partial charge in [0.1, 0.15) is 0 Å². The number of aliphatic hydroxyl groups is 1. The Kier molecular flexibility index (Phi) is 8.92. The van der Waals surface area contributed by atoms with Crippen LogP contribution in [0.15, 0.2) is 36.6 Å². The topological polar surface area (TPSA) is 38.7 Å². The van der Waals surface area contributed by atoms with E-state index in [0.29, 0.717) is 6.61 Å². The minimum Gasteiger partial charge on any atom is -0.496 e. The van der Waals surface area contributed by atoms with Crippen molar-refractivity contribution in [3.05, 3.63) is 42.2 Å². The summed E-state index contributed by atoms with van der Waals surface area (Å²) in [6, 6.07) is 10.1. The van der Waals surface area contributed by atoms with Crippen LogP contribution in [0.2, 0.25) is 0 Å². The van der Waals surface area contributed by atoms with E-state index in [9.17, 15) is 0 Å². The van der Waals surface area contributed by atoms with Crippen molar-refractivity contribution >= 4 is 6.08 Å². The second-order valence-corrected chi connectivity index (χ2v) is 5.25. The Morgan fingerprint density at radius 1 is 1.21 bits per heavy atom. The molecule has 0 fully saturated rings. The first-order valence-electron chi connectivity index (χ1n) is 6.41. The zero-order valence-electron chi connectivity index (χ0n) is 12.6. The molecule has 19 heavy (non-hydrogen) atoms. The highest BCUT2D eigenvalue weighted by Crippen LogP contribution is 2.09. The second-order valence-electron chi connectivity index (χ2n) is 5.25. The first kappa shape index (κ1) is 17.7. The maximum Gasteiger partial charge on any atom is 0.0998 e. The number of benzene rings is 1. The van der Waals surface area contributed by atoms with Crippen LogP contribution < -0.4 is 0 Å². The Bertz CT molecular complexity index is 337. The average Bonchev–Trinajstić information content (AvgIpc) is 2.29. The third kappa shape index (κ3) is 12.9. The van der Waals surface area contributed by atoms with E-state index in [0.717, 1.165) is 5.56 Å². The van der Waals surface area contributed by atoms with Gasteiger partial charge in [-0.15, -0.1) is 0 Å². The molecule has 0 amide bonds. The van der Waals surface area contributed by atoms with Crippen molar-refractivity contribution in [2.24, 2.45) is 0 Å². The molecular weight excluding hydrogens is 240 g/mol. The standard InChI is InChI=1S/C12H16O.C4H10O2/c1-12(2,3)13-10-9-11-7-5-4-6-8-11;1-4(5)3-6-2/h4-10H,1-3H3;4-5H,3H2,1-2H3. The minimum atomic E-state index is -0.324. The Hall–Kier alpha value is -1.32. The fourth-order valence-electron chi connectivity index (χ4n) is 1.12. The van der Waals surface area contributed by atoms with Crippen LogP contribution in [0, 0.1) is 0 Å². The van der Waals surface area contributed by atoms with Crippen LogP contribution in [0.5, 0.6) is 0 Å². The number of ether oxygens (including phenoxy) is 2. The smallest absolute Gasteiger partial charge is 0.0998 e. The molecule has 1 aromatic carbocycles. The third-order valence-electron chi connectivity index (χ3n) is 1.89. The van der Waals surface area contributed by atoms with Crippen LogP contribution in [0.25, 0.3) is 6.08 Å². The van der Waals surface area contributed by atoms with Crippen molar-refractivity contribution in [1.29, 1.82) is 0 Å². The Labute approximate surface area is 116 Å². The molecule has 0 saturated carbocycles. The first-order valence-corrected chi connectivity index (χ1v) is 6.41. The Morgan fingerprint density at radius 3 is 2.16 bits per heavy atom. The molecule has 1 aromatic rings. The molecule has 0 bridgehead atoms. The normalized spacial score (nSPS) is 12.7. The van der Waals surface area contributed by atoms with E-state index in [-0.39, 0.29) is 11.7 Å². The number of aliphatic hydroxyl groups excluding tert-OH is 1. The Morgan fingerprint density at radius 2 is 1.79 bits per heavy atom. The number of rotatable bonds is 4. The average molecular weight is 266 g/mol. The molecule has 1 N–H and O–H groups in total. The van der Waals surface area contributed by atoms with Crippen LogP contribution in [0.1, 0.15) is 33.3 Å². The molecule has 0 aliphatic heterocycles. The molecule has 3 heteroatoms. The predicted molar refractivity (Wildman–Crippen MR) is 79.9 cm³/mol. The molecule has 0 radical (unpaired) electrons. The summed E-state index contributed by atoms with van der Waals surface area (Å²) in [5, 5.41) is 8.43. The molecule has 0 aromatic heterocycles. The van der Waals surface area contributed by atoms with Crippen molar-refractivity contribution in [2.45, 2.75) is 39.4 Å². The molecule has 0 aliphatic carbocycles. The van der Waals surface area contributed by atoms with E-state index >= 15 is 0 Å². The lowest BCUT2D eigenvalue weighted by Crippen LogP contribution is -2.15. The SMILES string of the molecule is CC(C)(C)OC=Cc1ccccc1.COCC(C)O. The van der Waals surface area contributed by atoms with E-state index in [4.69, 9.17) is 9.84 Å². The molecule has 1 unspecified atom stereocenters. The van der Waals surface area contributed by atoms with Crippen molar-refractivity contribution in [2.75, 3.05) is 13.7 Å². The van der Waals surface area contributed by atoms with Gasteiger partial charge in [0.05, 0.1) is 24.6 Å². The summed E-state index contributed by atoms with van der Waals surface area (Å²) in [5.74, 6) is 0. The Balaban J connectivity index is 0.000000459. The molecule has 3 nitrogen and oxygen atoms in total. The van der Waals surface area contributed by atoms with Gasteiger partial charge in [-0.2, -0.15) is 0 Å². The first-order chi connectivity index (χ1) is 8.85. The highest BCUT2D eigenvalue weighted by Gasteiger charge is 2.06. The fourth-order valence-corrected chi connectivity index (χ4v) is 1.12. The van der Waals surface area contributed by atoms with Crippen LogP contribution >= 0.6 is 0 Å². The van der Waals surface area contributed by atoms with Crippen LogP contribution in [-0.2, 0) is 9.47 Å². The van der Waals surface area contributed by atoms with Gasteiger partial charge < -0.3 is 14.6 Å². The zero-order chi connectivity index (χ0) is 14.7. The maximum atomic E-state index is 8.43. The molecular formula is C16H26O3. The number of methoxy groups -OCH3 is 1. The van der Waals surface area contributed by atoms with E-state index < -0.39 is 0 Å². The second kappa shape index (κ2) is 9.59. The molecule has 1 rings (SSSR count). The number of hydrogen-bond acceptors (Lipinski definition) is 3. The summed E-state index contributed by atoms with van der Waals surface area (Å²) >= 11 is 0. The van der Waals surface area contributed by atoms with Crippen molar-refractivity contribution in [3.63, 3.8) is 0 Å². The highest BCUT2D eigenvalue weighted by molar-refractivity contribution is 5.47. The van der Waals surface area contributed by atoms with E-state index in [1.54, 1.807) is 20.3 Å².